The molecule has 2 aromatic carbocycles. The van der Waals surface area contributed by atoms with E-state index in [1.54, 1.807) is 36.4 Å². The highest BCUT2D eigenvalue weighted by molar-refractivity contribution is 5.94. The summed E-state index contributed by atoms with van der Waals surface area (Å²) in [6.07, 6.45) is 2.01. The first-order valence-corrected chi connectivity index (χ1v) is 9.11. The van der Waals surface area contributed by atoms with Crippen molar-refractivity contribution in [2.45, 2.75) is 25.3 Å². The van der Waals surface area contributed by atoms with Crippen molar-refractivity contribution < 1.29 is 24.2 Å². The summed E-state index contributed by atoms with van der Waals surface area (Å²) in [5.74, 6) is -1.15. The fourth-order valence-corrected chi connectivity index (χ4v) is 2.69. The normalized spacial score (nSPS) is 14.0. The predicted molar refractivity (Wildman–Crippen MR) is 103 cm³/mol. The molecule has 0 heterocycles. The van der Waals surface area contributed by atoms with Crippen LogP contribution in [0.25, 0.3) is 0 Å². The first-order chi connectivity index (χ1) is 13.5. The van der Waals surface area contributed by atoms with Crippen LogP contribution in [-0.2, 0) is 20.8 Å². The SMILES string of the molecule is O=C(COc1cccc(NC(=O)C2CC2)c1)N[C@@H](Cc1ccccc1)C(=O)O. The van der Waals surface area contributed by atoms with Crippen LogP contribution in [0, 0.1) is 5.92 Å². The second-order valence-electron chi connectivity index (χ2n) is 6.73. The number of anilines is 1. The standard InChI is InChI=1S/C21H22N2O5/c24-19(23-18(21(26)27)11-14-5-2-1-3-6-14)13-28-17-8-4-7-16(12-17)22-20(25)15-9-10-15/h1-8,12,15,18H,9-11,13H2,(H,22,25)(H,23,24)(H,26,27)/t18-/m0/s1. The average Bonchev–Trinajstić information content (AvgIpc) is 3.52. The van der Waals surface area contributed by atoms with Gasteiger partial charge in [-0.25, -0.2) is 4.79 Å². The van der Waals surface area contributed by atoms with Crippen molar-refractivity contribution >= 4 is 23.5 Å². The number of hydrogen-bond acceptors (Lipinski definition) is 4. The van der Waals surface area contributed by atoms with E-state index in [-0.39, 0.29) is 24.9 Å². The Balaban J connectivity index is 1.51. The van der Waals surface area contributed by atoms with Crippen LogP contribution < -0.4 is 15.4 Å². The van der Waals surface area contributed by atoms with Gasteiger partial charge in [-0.05, 0) is 30.5 Å². The third kappa shape index (κ3) is 5.84. The zero-order valence-electron chi connectivity index (χ0n) is 15.3. The number of nitrogens with one attached hydrogen (secondary N) is 2. The minimum Gasteiger partial charge on any atom is -0.484 e. The Hall–Kier alpha value is -3.35. The number of amides is 2. The molecular weight excluding hydrogens is 360 g/mol. The van der Waals surface area contributed by atoms with E-state index < -0.39 is 17.9 Å². The Labute approximate surface area is 162 Å². The summed E-state index contributed by atoms with van der Waals surface area (Å²) in [6.45, 7) is -0.321. The van der Waals surface area contributed by atoms with Gasteiger partial charge in [-0.1, -0.05) is 36.4 Å². The van der Waals surface area contributed by atoms with Crippen LogP contribution in [0.5, 0.6) is 5.75 Å². The summed E-state index contributed by atoms with van der Waals surface area (Å²) in [7, 11) is 0. The van der Waals surface area contributed by atoms with Crippen molar-refractivity contribution in [3.05, 3.63) is 60.2 Å². The summed E-state index contributed by atoms with van der Waals surface area (Å²) < 4.78 is 5.44. The van der Waals surface area contributed by atoms with Gasteiger partial charge in [0, 0.05) is 24.1 Å². The van der Waals surface area contributed by atoms with Crippen LogP contribution in [0.3, 0.4) is 0 Å². The number of hydrogen-bond donors (Lipinski definition) is 3. The van der Waals surface area contributed by atoms with Gasteiger partial charge >= 0.3 is 5.97 Å². The maximum Gasteiger partial charge on any atom is 0.326 e. The Morgan fingerprint density at radius 2 is 1.82 bits per heavy atom. The molecule has 0 saturated heterocycles. The van der Waals surface area contributed by atoms with Crippen LogP contribution in [0.2, 0.25) is 0 Å². The van der Waals surface area contributed by atoms with Crippen molar-refractivity contribution in [1.29, 1.82) is 0 Å². The van der Waals surface area contributed by atoms with Crippen LogP contribution >= 0.6 is 0 Å². The Morgan fingerprint density at radius 1 is 1.07 bits per heavy atom. The van der Waals surface area contributed by atoms with E-state index >= 15 is 0 Å². The molecular formula is C21H22N2O5. The van der Waals surface area contributed by atoms with E-state index in [2.05, 4.69) is 10.6 Å². The molecule has 2 amide bonds. The maximum atomic E-state index is 12.1. The van der Waals surface area contributed by atoms with Crippen LogP contribution in [-0.4, -0.2) is 35.5 Å². The Bertz CT molecular complexity index is 849. The molecule has 3 N–H and O–H groups in total. The lowest BCUT2D eigenvalue weighted by molar-refractivity contribution is -0.142. The second-order valence-corrected chi connectivity index (χ2v) is 6.73. The number of rotatable bonds is 9. The molecule has 0 radical (unpaired) electrons. The van der Waals surface area contributed by atoms with Crippen molar-refractivity contribution in [3.8, 4) is 5.75 Å². The van der Waals surface area contributed by atoms with E-state index in [4.69, 9.17) is 4.74 Å². The first-order valence-electron chi connectivity index (χ1n) is 9.11. The zero-order valence-corrected chi connectivity index (χ0v) is 15.3. The van der Waals surface area contributed by atoms with Gasteiger partial charge in [0.05, 0.1) is 0 Å². The predicted octanol–water partition coefficient (Wildman–Crippen LogP) is 2.23. The van der Waals surface area contributed by atoms with Crippen molar-refractivity contribution in [1.82, 2.24) is 5.32 Å². The molecule has 7 nitrogen and oxygen atoms in total. The molecule has 1 saturated carbocycles. The van der Waals surface area contributed by atoms with E-state index in [1.807, 2.05) is 18.2 Å². The van der Waals surface area contributed by atoms with Crippen molar-refractivity contribution in [3.63, 3.8) is 0 Å². The quantitative estimate of drug-likeness (QED) is 0.617. The van der Waals surface area contributed by atoms with Gasteiger partial charge in [0.25, 0.3) is 5.91 Å². The molecule has 0 aromatic heterocycles. The molecule has 1 aliphatic rings. The minimum absolute atomic E-state index is 0.0138. The number of carboxylic acid groups (broad SMARTS) is 1. The van der Waals surface area contributed by atoms with E-state index in [0.29, 0.717) is 11.4 Å². The summed E-state index contributed by atoms with van der Waals surface area (Å²) in [5, 5.41) is 14.6. The van der Waals surface area contributed by atoms with Gasteiger partial charge in [0.15, 0.2) is 6.61 Å². The van der Waals surface area contributed by atoms with E-state index in [0.717, 1.165) is 18.4 Å². The van der Waals surface area contributed by atoms with Gasteiger partial charge in [-0.3, -0.25) is 9.59 Å². The summed E-state index contributed by atoms with van der Waals surface area (Å²) in [5.41, 5.74) is 1.41. The average molecular weight is 382 g/mol. The molecule has 1 fully saturated rings. The molecule has 7 heteroatoms. The number of carbonyl (C=O) groups is 3. The van der Waals surface area contributed by atoms with Crippen LogP contribution in [0.1, 0.15) is 18.4 Å². The molecule has 1 aliphatic carbocycles. The Morgan fingerprint density at radius 3 is 2.50 bits per heavy atom. The summed E-state index contributed by atoms with van der Waals surface area (Å²) >= 11 is 0. The number of carboxylic acids is 1. The monoisotopic (exact) mass is 382 g/mol. The lowest BCUT2D eigenvalue weighted by Crippen LogP contribution is -2.44. The molecule has 146 valence electrons. The van der Waals surface area contributed by atoms with Gasteiger partial charge in [-0.2, -0.15) is 0 Å². The minimum atomic E-state index is -1.11. The van der Waals surface area contributed by atoms with Gasteiger partial charge in [-0.15, -0.1) is 0 Å². The highest BCUT2D eigenvalue weighted by Gasteiger charge is 2.29. The van der Waals surface area contributed by atoms with Crippen LogP contribution in [0.15, 0.2) is 54.6 Å². The first kappa shape index (κ1) is 19.4. The molecule has 0 bridgehead atoms. The van der Waals surface area contributed by atoms with Crippen LogP contribution in [0.4, 0.5) is 5.69 Å². The lowest BCUT2D eigenvalue weighted by Gasteiger charge is -2.15. The number of ether oxygens (including phenoxy) is 1. The molecule has 28 heavy (non-hydrogen) atoms. The van der Waals surface area contributed by atoms with Crippen molar-refractivity contribution in [2.75, 3.05) is 11.9 Å². The number of aliphatic carboxylic acids is 1. The Kier molecular flexibility index (Phi) is 6.26. The third-order valence-corrected chi connectivity index (χ3v) is 4.34. The summed E-state index contributed by atoms with van der Waals surface area (Å²) in [6, 6.07) is 14.8. The molecule has 0 aliphatic heterocycles. The molecule has 2 aromatic rings. The van der Waals surface area contributed by atoms with E-state index in [9.17, 15) is 19.5 Å². The fourth-order valence-electron chi connectivity index (χ4n) is 2.69. The largest absolute Gasteiger partial charge is 0.484 e. The highest BCUT2D eigenvalue weighted by Crippen LogP contribution is 2.30. The highest BCUT2D eigenvalue weighted by atomic mass is 16.5. The number of benzene rings is 2. The maximum absolute atomic E-state index is 12.1. The lowest BCUT2D eigenvalue weighted by atomic mass is 10.1. The van der Waals surface area contributed by atoms with E-state index in [1.165, 1.54) is 0 Å². The van der Waals surface area contributed by atoms with Gasteiger partial charge < -0.3 is 20.5 Å². The molecule has 1 atom stereocenters. The third-order valence-electron chi connectivity index (χ3n) is 4.34. The topological polar surface area (TPSA) is 105 Å². The van der Waals surface area contributed by atoms with Crippen molar-refractivity contribution in [2.24, 2.45) is 5.92 Å². The zero-order chi connectivity index (χ0) is 19.9. The number of carbonyl (C=O) groups excluding carboxylic acids is 2. The summed E-state index contributed by atoms with van der Waals surface area (Å²) in [4.78, 5) is 35.4. The molecule has 0 unspecified atom stereocenters. The van der Waals surface area contributed by atoms with Gasteiger partial charge in [0.1, 0.15) is 11.8 Å². The second kappa shape index (κ2) is 9.03. The van der Waals surface area contributed by atoms with Gasteiger partial charge in [0.2, 0.25) is 5.91 Å². The smallest absolute Gasteiger partial charge is 0.326 e. The molecule has 0 spiro atoms. The molecule has 3 rings (SSSR count). The fraction of sp³-hybridized carbons (Fsp3) is 0.286.